The Morgan fingerprint density at radius 3 is 2.15 bits per heavy atom. The summed E-state index contributed by atoms with van der Waals surface area (Å²) in [5.41, 5.74) is 8.48. The Morgan fingerprint density at radius 2 is 1.52 bits per heavy atom. The summed E-state index contributed by atoms with van der Waals surface area (Å²) in [6, 6.07) is 24.8. The molecule has 54 heavy (non-hydrogen) atoms. The molecule has 6 heteroatoms. The van der Waals surface area contributed by atoms with Crippen molar-refractivity contribution in [1.29, 1.82) is 0 Å². The van der Waals surface area contributed by atoms with Crippen molar-refractivity contribution in [2.75, 3.05) is 0 Å². The molecule has 0 aliphatic rings. The van der Waals surface area contributed by atoms with Crippen LogP contribution in [-0.2, 0) is 36.7 Å². The van der Waals surface area contributed by atoms with Gasteiger partial charge in [0, 0.05) is 59.7 Å². The van der Waals surface area contributed by atoms with E-state index in [9.17, 15) is 9.90 Å². The molecule has 0 atom stereocenters. The van der Waals surface area contributed by atoms with Crippen molar-refractivity contribution < 1.29 is 38.8 Å². The molecule has 0 unspecified atom stereocenters. The van der Waals surface area contributed by atoms with E-state index in [2.05, 4.69) is 95.3 Å². The quantitative estimate of drug-likeness (QED) is 0.0796. The largest absolute Gasteiger partial charge is 0.512 e. The summed E-state index contributed by atoms with van der Waals surface area (Å²) in [6.45, 7) is 23.3. The third-order valence-corrected chi connectivity index (χ3v) is 11.5. The van der Waals surface area contributed by atoms with E-state index in [1.807, 2.05) is 53.9 Å². The van der Waals surface area contributed by atoms with E-state index in [-0.39, 0.29) is 47.9 Å². The third kappa shape index (κ3) is 8.93. The summed E-state index contributed by atoms with van der Waals surface area (Å²) >= 11 is 0. The molecular formula is C48H58IrNO4-. The molecule has 3 heterocycles. The molecule has 3 aromatic carbocycles. The number of carbonyl (C=O) groups excluding carboxylic acids is 1. The van der Waals surface area contributed by atoms with Crippen LogP contribution in [0.3, 0.4) is 0 Å². The number of fused-ring (bicyclic) bond motifs is 3. The van der Waals surface area contributed by atoms with Crippen molar-refractivity contribution in [3.8, 4) is 22.4 Å². The van der Waals surface area contributed by atoms with Gasteiger partial charge in [0.1, 0.15) is 16.9 Å². The Hall–Kier alpha value is -3.99. The zero-order chi connectivity index (χ0) is 38.7. The second-order valence-electron chi connectivity index (χ2n) is 16.6. The monoisotopic (exact) mass is 905 g/mol. The molecule has 6 rings (SSSR count). The maximum atomic E-state index is 12.2. The van der Waals surface area contributed by atoms with Crippen molar-refractivity contribution in [2.24, 2.45) is 16.7 Å². The number of nitrogens with zero attached hydrogens (tertiary/aromatic N) is 1. The number of ketones is 1. The van der Waals surface area contributed by atoms with Crippen molar-refractivity contribution in [3.63, 3.8) is 0 Å². The molecule has 1 N–H and O–H groups in total. The van der Waals surface area contributed by atoms with E-state index in [0.29, 0.717) is 5.92 Å². The SMILES string of the molecule is CC(C)Cc1coc2ccc(-c3cc(-c4[c-]c5ccccc5c(C(C)(C)C)c4)nc4ccoc34)cc12.CCC(C)(CC)C(=O)/C=C(\O)C(C)(CC)CC.[Ir]. The number of aliphatic hydroxyl groups excluding tert-OH is 1. The Labute approximate surface area is 336 Å². The van der Waals surface area contributed by atoms with E-state index in [0.717, 1.165) is 81.9 Å². The smallest absolute Gasteiger partial charge is 0.164 e. The Kier molecular flexibility index (Phi) is 13.6. The first-order chi connectivity index (χ1) is 25.1. The molecule has 289 valence electrons. The first-order valence-corrected chi connectivity index (χ1v) is 19.4. The fourth-order valence-electron chi connectivity index (χ4n) is 6.83. The maximum absolute atomic E-state index is 12.2. The van der Waals surface area contributed by atoms with Crippen LogP contribution in [0, 0.1) is 22.8 Å². The molecule has 0 spiro atoms. The molecule has 0 aliphatic heterocycles. The number of rotatable bonds is 11. The van der Waals surface area contributed by atoms with Crippen LogP contribution in [0.25, 0.3) is 55.2 Å². The third-order valence-electron chi connectivity index (χ3n) is 11.5. The van der Waals surface area contributed by atoms with Crippen LogP contribution in [0.15, 0.2) is 93.9 Å². The molecule has 0 saturated carbocycles. The maximum Gasteiger partial charge on any atom is 0.164 e. The number of carbonyl (C=O) groups is 1. The van der Waals surface area contributed by atoms with Crippen molar-refractivity contribution in [3.05, 3.63) is 102 Å². The molecule has 0 bridgehead atoms. The second kappa shape index (κ2) is 17.2. The fraction of sp³-hybridized carbons (Fsp3) is 0.417. The van der Waals surface area contributed by atoms with Gasteiger partial charge in [-0.05, 0) is 66.7 Å². The number of aliphatic hydroxyl groups is 1. The number of benzene rings is 3. The van der Waals surface area contributed by atoms with Crippen molar-refractivity contribution >= 4 is 38.6 Å². The van der Waals surface area contributed by atoms with Crippen LogP contribution >= 0.6 is 0 Å². The molecule has 0 fully saturated rings. The van der Waals surface area contributed by atoms with Crippen LogP contribution < -0.4 is 0 Å². The summed E-state index contributed by atoms with van der Waals surface area (Å²) in [5.74, 6) is 0.841. The average Bonchev–Trinajstić information content (AvgIpc) is 3.79. The molecule has 0 amide bonds. The molecule has 1 radical (unpaired) electrons. The van der Waals surface area contributed by atoms with Gasteiger partial charge in [-0.3, -0.25) is 9.78 Å². The van der Waals surface area contributed by atoms with E-state index < -0.39 is 0 Å². The van der Waals surface area contributed by atoms with Crippen LogP contribution in [0.2, 0.25) is 0 Å². The minimum Gasteiger partial charge on any atom is -0.512 e. The first-order valence-electron chi connectivity index (χ1n) is 19.4. The predicted molar refractivity (Wildman–Crippen MR) is 221 cm³/mol. The topological polar surface area (TPSA) is 76.5 Å². The van der Waals surface area contributed by atoms with Crippen LogP contribution in [0.5, 0.6) is 0 Å². The van der Waals surface area contributed by atoms with Gasteiger partial charge in [0.05, 0.1) is 12.5 Å². The van der Waals surface area contributed by atoms with Crippen molar-refractivity contribution in [1.82, 2.24) is 4.98 Å². The van der Waals surface area contributed by atoms with Crippen LogP contribution in [0.1, 0.15) is 113 Å². The number of pyridine rings is 1. The summed E-state index contributed by atoms with van der Waals surface area (Å²) in [7, 11) is 0. The zero-order valence-electron chi connectivity index (χ0n) is 34.1. The van der Waals surface area contributed by atoms with Gasteiger partial charge in [-0.2, -0.15) is 0 Å². The molecular weight excluding hydrogens is 847 g/mol. The number of furan rings is 2. The fourth-order valence-corrected chi connectivity index (χ4v) is 6.83. The Bertz CT molecular complexity index is 2240. The van der Waals surface area contributed by atoms with Gasteiger partial charge < -0.3 is 13.9 Å². The standard InChI is InChI=1S/C33H30NO2.C15H28O2.Ir/c1-20(2)14-24-19-36-31-11-10-22(16-26(24)31)27-18-30(34-29-12-13-35-32(27)29)23-15-21-8-6-7-9-25(21)28(17-23)33(3,4)5;1-7-14(5,8-2)12(16)11-13(17)15(6,9-3)10-4;/h6-13,16-20H,14H2,1-5H3;11,16H,7-10H2,1-6H3;/q-1;;/b;12-11-;. The Balaban J connectivity index is 0.000000309. The normalized spacial score (nSPS) is 12.6. The van der Waals surface area contributed by atoms with Gasteiger partial charge >= 0.3 is 0 Å². The molecule has 0 aliphatic carbocycles. The average molecular weight is 905 g/mol. The van der Waals surface area contributed by atoms with Gasteiger partial charge in [0.25, 0.3) is 0 Å². The van der Waals surface area contributed by atoms with Gasteiger partial charge in [0.15, 0.2) is 11.4 Å². The second-order valence-corrected chi connectivity index (χ2v) is 16.6. The molecule has 0 saturated heterocycles. The van der Waals surface area contributed by atoms with Gasteiger partial charge in [0.2, 0.25) is 0 Å². The minimum atomic E-state index is -0.337. The summed E-state index contributed by atoms with van der Waals surface area (Å²) in [5, 5.41) is 13.6. The summed E-state index contributed by atoms with van der Waals surface area (Å²) in [6.07, 6.45) is 9.35. The van der Waals surface area contributed by atoms with Crippen molar-refractivity contribution in [2.45, 2.75) is 114 Å². The van der Waals surface area contributed by atoms with E-state index in [1.54, 1.807) is 6.26 Å². The summed E-state index contributed by atoms with van der Waals surface area (Å²) < 4.78 is 11.8. The van der Waals surface area contributed by atoms with Crippen LogP contribution in [0.4, 0.5) is 0 Å². The van der Waals surface area contributed by atoms with Gasteiger partial charge in [-0.1, -0.05) is 117 Å². The number of aromatic nitrogens is 1. The molecule has 3 aromatic heterocycles. The molecule has 5 nitrogen and oxygen atoms in total. The summed E-state index contributed by atoms with van der Waals surface area (Å²) in [4.78, 5) is 17.2. The number of hydrogen-bond acceptors (Lipinski definition) is 5. The van der Waals surface area contributed by atoms with E-state index in [1.165, 1.54) is 22.6 Å². The first kappa shape index (κ1) is 42.7. The zero-order valence-corrected chi connectivity index (χ0v) is 36.5. The Morgan fingerprint density at radius 1 is 0.852 bits per heavy atom. The number of hydrogen-bond donors (Lipinski definition) is 1. The van der Waals surface area contributed by atoms with Gasteiger partial charge in [-0.25, -0.2) is 0 Å². The predicted octanol–water partition coefficient (Wildman–Crippen LogP) is 14.0. The number of allylic oxidation sites excluding steroid dienone is 2. The minimum absolute atomic E-state index is 0. The van der Waals surface area contributed by atoms with E-state index in [4.69, 9.17) is 13.8 Å². The van der Waals surface area contributed by atoms with E-state index >= 15 is 0 Å². The van der Waals surface area contributed by atoms with Gasteiger partial charge in [-0.15, -0.1) is 29.1 Å². The van der Waals surface area contributed by atoms with Crippen LogP contribution in [-0.4, -0.2) is 15.9 Å². The molecule has 6 aromatic rings.